The summed E-state index contributed by atoms with van der Waals surface area (Å²) < 4.78 is 44.4. The Labute approximate surface area is 183 Å². The van der Waals surface area contributed by atoms with E-state index in [0.717, 1.165) is 40.9 Å². The molecule has 3 aromatic rings. The number of hydrogen-bond acceptors (Lipinski definition) is 3. The van der Waals surface area contributed by atoms with E-state index in [1.807, 2.05) is 55.9 Å². The lowest BCUT2D eigenvalue weighted by atomic mass is 9.93. The van der Waals surface area contributed by atoms with E-state index in [-0.39, 0.29) is 5.82 Å². The molecule has 31 heavy (non-hydrogen) atoms. The molecule has 166 valence electrons. The highest BCUT2D eigenvalue weighted by Gasteiger charge is 2.26. The average Bonchev–Trinajstić information content (AvgIpc) is 3.07. The molecule has 0 bridgehead atoms. The largest absolute Gasteiger partial charge is 0.277 e. The van der Waals surface area contributed by atoms with Gasteiger partial charge in [0.1, 0.15) is 5.82 Å². The van der Waals surface area contributed by atoms with Crippen LogP contribution in [0.25, 0.3) is 11.3 Å². The van der Waals surface area contributed by atoms with Crippen LogP contribution in [0.3, 0.4) is 0 Å². The molecule has 0 atom stereocenters. The number of rotatable bonds is 9. The molecule has 0 fully saturated rings. The van der Waals surface area contributed by atoms with Crippen LogP contribution in [0.4, 0.5) is 4.39 Å². The van der Waals surface area contributed by atoms with E-state index in [1.165, 1.54) is 12.1 Å². The van der Waals surface area contributed by atoms with Crippen LogP contribution >= 0.6 is 0 Å². The molecule has 0 amide bonds. The van der Waals surface area contributed by atoms with Gasteiger partial charge in [0.15, 0.2) is 0 Å². The lowest BCUT2D eigenvalue weighted by molar-refractivity contribution is 0.466. The summed E-state index contributed by atoms with van der Waals surface area (Å²) in [4.78, 5) is 0. The van der Waals surface area contributed by atoms with Crippen LogP contribution in [0.1, 0.15) is 37.6 Å². The fourth-order valence-electron chi connectivity index (χ4n) is 3.53. The van der Waals surface area contributed by atoms with Gasteiger partial charge >= 0.3 is 0 Å². The molecule has 6 nitrogen and oxygen atoms in total. The number of aryl methyl sites for hydroxylation is 3. The molecule has 0 aliphatic heterocycles. The van der Waals surface area contributed by atoms with Crippen molar-refractivity contribution >= 4 is 10.2 Å². The Balaban J connectivity index is 1.79. The number of hydrogen-bond donors (Lipinski definition) is 2. The second-order valence-corrected chi connectivity index (χ2v) is 9.58. The predicted molar refractivity (Wildman–Crippen MR) is 121 cm³/mol. The highest BCUT2D eigenvalue weighted by molar-refractivity contribution is 7.87. The summed E-state index contributed by atoms with van der Waals surface area (Å²) in [5.74, 6) is -0.237. The van der Waals surface area contributed by atoms with Crippen molar-refractivity contribution in [2.24, 2.45) is 7.05 Å². The number of nitrogens with one attached hydrogen (secondary N) is 2. The zero-order valence-corrected chi connectivity index (χ0v) is 19.1. The summed E-state index contributed by atoms with van der Waals surface area (Å²) in [6.07, 6.45) is 1.52. The van der Waals surface area contributed by atoms with Crippen molar-refractivity contribution < 1.29 is 12.8 Å². The van der Waals surface area contributed by atoms with Crippen molar-refractivity contribution in [3.8, 4) is 11.3 Å². The maximum Gasteiger partial charge on any atom is 0.277 e. The third kappa shape index (κ3) is 6.00. The molecule has 3 rings (SSSR count). The van der Waals surface area contributed by atoms with Gasteiger partial charge in [0.25, 0.3) is 10.2 Å². The minimum atomic E-state index is -3.60. The average molecular weight is 445 g/mol. The Kier molecular flexibility index (Phi) is 6.93. The van der Waals surface area contributed by atoms with Crippen molar-refractivity contribution in [2.45, 2.75) is 39.2 Å². The van der Waals surface area contributed by atoms with Crippen molar-refractivity contribution in [3.63, 3.8) is 0 Å². The molecule has 0 saturated heterocycles. The topological polar surface area (TPSA) is 76.0 Å². The number of nitrogens with zero attached hydrogens (tertiary/aromatic N) is 2. The minimum absolute atomic E-state index is 0.237. The lowest BCUT2D eigenvalue weighted by Crippen LogP contribution is -2.46. The second kappa shape index (κ2) is 9.30. The molecule has 8 heteroatoms. The van der Waals surface area contributed by atoms with Gasteiger partial charge in [-0.1, -0.05) is 37.3 Å². The van der Waals surface area contributed by atoms with E-state index in [9.17, 15) is 12.8 Å². The van der Waals surface area contributed by atoms with Crippen molar-refractivity contribution in [3.05, 3.63) is 77.2 Å². The van der Waals surface area contributed by atoms with Gasteiger partial charge in [-0.3, -0.25) is 4.68 Å². The fraction of sp³-hybridized carbons (Fsp3) is 0.348. The van der Waals surface area contributed by atoms with Crippen LogP contribution in [-0.4, -0.2) is 24.7 Å². The van der Waals surface area contributed by atoms with E-state index >= 15 is 0 Å². The summed E-state index contributed by atoms with van der Waals surface area (Å²) in [5.41, 5.74) is 3.96. The second-order valence-electron chi connectivity index (χ2n) is 8.08. The first-order chi connectivity index (χ1) is 14.6. The number of halogens is 1. The zero-order chi connectivity index (χ0) is 22.6. The smallest absolute Gasteiger partial charge is 0.268 e. The Bertz CT molecular complexity index is 1140. The van der Waals surface area contributed by atoms with Crippen LogP contribution in [0, 0.1) is 5.82 Å². The number of benzene rings is 2. The zero-order valence-electron chi connectivity index (χ0n) is 18.3. The highest BCUT2D eigenvalue weighted by atomic mass is 32.2. The molecular formula is C23H29FN4O2S. The summed E-state index contributed by atoms with van der Waals surface area (Å²) >= 11 is 0. The number of aromatic nitrogens is 2. The monoisotopic (exact) mass is 444 g/mol. The Morgan fingerprint density at radius 3 is 2.45 bits per heavy atom. The standard InChI is InChI=1S/C23H29FN4O2S/c1-5-25-31(29,30)27-23(2,3)19-8-6-7-18(15-19)22-16-21(26-28(22)4)14-11-17-9-12-20(24)13-10-17/h6-10,12-13,15-16,25,27H,5,11,14H2,1-4H3. The molecule has 0 saturated carbocycles. The highest BCUT2D eigenvalue weighted by Crippen LogP contribution is 2.27. The van der Waals surface area contributed by atoms with Crippen molar-refractivity contribution in [2.75, 3.05) is 6.54 Å². The summed E-state index contributed by atoms with van der Waals surface area (Å²) in [5, 5.41) is 4.62. The SMILES string of the molecule is CCNS(=O)(=O)NC(C)(C)c1cccc(-c2cc(CCc3ccc(F)cc3)nn2C)c1. The maximum atomic E-state index is 13.1. The lowest BCUT2D eigenvalue weighted by Gasteiger charge is -2.27. The predicted octanol–water partition coefficient (Wildman–Crippen LogP) is 3.69. The quantitative estimate of drug-likeness (QED) is 0.529. The van der Waals surface area contributed by atoms with Crippen LogP contribution in [0.5, 0.6) is 0 Å². The molecule has 2 aromatic carbocycles. The van der Waals surface area contributed by atoms with Crippen LogP contribution in [-0.2, 0) is 35.6 Å². The van der Waals surface area contributed by atoms with Crippen molar-refractivity contribution in [1.82, 2.24) is 19.2 Å². The maximum absolute atomic E-state index is 13.1. The Morgan fingerprint density at radius 2 is 1.77 bits per heavy atom. The van der Waals surface area contributed by atoms with Gasteiger partial charge in [0.2, 0.25) is 0 Å². The molecule has 0 radical (unpaired) electrons. The van der Waals surface area contributed by atoms with Crippen LogP contribution in [0.15, 0.2) is 54.6 Å². The first-order valence-electron chi connectivity index (χ1n) is 10.3. The van der Waals surface area contributed by atoms with E-state index < -0.39 is 15.7 Å². The van der Waals surface area contributed by atoms with E-state index in [0.29, 0.717) is 6.54 Å². The summed E-state index contributed by atoms with van der Waals surface area (Å²) in [7, 11) is -1.71. The first kappa shape index (κ1) is 23.1. The van der Waals surface area contributed by atoms with Gasteiger partial charge in [-0.15, -0.1) is 0 Å². The van der Waals surface area contributed by atoms with E-state index in [2.05, 4.69) is 14.5 Å². The molecular weight excluding hydrogens is 415 g/mol. The van der Waals surface area contributed by atoms with Crippen molar-refractivity contribution in [1.29, 1.82) is 0 Å². The Morgan fingerprint density at radius 1 is 1.06 bits per heavy atom. The molecule has 0 unspecified atom stereocenters. The fourth-order valence-corrected chi connectivity index (χ4v) is 4.77. The van der Waals surface area contributed by atoms with Crippen LogP contribution in [0.2, 0.25) is 0 Å². The molecule has 1 aromatic heterocycles. The summed E-state index contributed by atoms with van der Waals surface area (Å²) in [6.45, 7) is 5.72. The van der Waals surface area contributed by atoms with E-state index in [1.54, 1.807) is 19.1 Å². The summed E-state index contributed by atoms with van der Waals surface area (Å²) in [6, 6.07) is 16.3. The van der Waals surface area contributed by atoms with Gasteiger partial charge in [-0.05, 0) is 62.1 Å². The normalized spacial score (nSPS) is 12.3. The third-order valence-electron chi connectivity index (χ3n) is 5.12. The molecule has 0 spiro atoms. The molecule has 2 N–H and O–H groups in total. The van der Waals surface area contributed by atoms with Crippen LogP contribution < -0.4 is 9.44 Å². The molecule has 0 aliphatic rings. The third-order valence-corrected chi connectivity index (χ3v) is 6.57. The van der Waals surface area contributed by atoms with Gasteiger partial charge in [-0.2, -0.15) is 18.2 Å². The molecule has 1 heterocycles. The van der Waals surface area contributed by atoms with Gasteiger partial charge in [0.05, 0.1) is 16.9 Å². The van der Waals surface area contributed by atoms with Gasteiger partial charge in [0, 0.05) is 19.2 Å². The van der Waals surface area contributed by atoms with Gasteiger partial charge < -0.3 is 0 Å². The Hall–Kier alpha value is -2.55. The van der Waals surface area contributed by atoms with Gasteiger partial charge in [-0.25, -0.2) is 9.11 Å². The van der Waals surface area contributed by atoms with E-state index in [4.69, 9.17) is 0 Å². The molecule has 0 aliphatic carbocycles. The minimum Gasteiger partial charge on any atom is -0.268 e. The first-order valence-corrected chi connectivity index (χ1v) is 11.7.